The molecule has 6 heteroatoms. The van der Waals surface area contributed by atoms with Gasteiger partial charge in [0.05, 0.1) is 11.2 Å². The lowest BCUT2D eigenvalue weighted by atomic mass is 10.1. The van der Waals surface area contributed by atoms with Crippen LogP contribution in [-0.4, -0.2) is 18.9 Å². The van der Waals surface area contributed by atoms with Gasteiger partial charge in [0.15, 0.2) is 4.21 Å². The highest BCUT2D eigenvalue weighted by Gasteiger charge is 2.23. The quantitative estimate of drug-likeness (QED) is 0.844. The maximum Gasteiger partial charge on any atom is 0.252 e. The zero-order chi connectivity index (χ0) is 11.0. The molecule has 0 unspecified atom stereocenters. The molecule has 0 saturated carbocycles. The SMILES string of the molecule is Cc1ncc(S(=O)(=O)NC(C)(C)C)s1. The minimum atomic E-state index is -3.39. The monoisotopic (exact) mass is 234 g/mol. The summed E-state index contributed by atoms with van der Waals surface area (Å²) in [6.45, 7) is 7.19. The van der Waals surface area contributed by atoms with Crippen molar-refractivity contribution in [2.24, 2.45) is 0 Å². The zero-order valence-corrected chi connectivity index (χ0v) is 10.3. The van der Waals surface area contributed by atoms with Gasteiger partial charge in [0.25, 0.3) is 10.0 Å². The van der Waals surface area contributed by atoms with E-state index < -0.39 is 15.6 Å². The molecule has 1 N–H and O–H groups in total. The van der Waals surface area contributed by atoms with Crippen LogP contribution in [-0.2, 0) is 10.0 Å². The number of rotatable bonds is 2. The topological polar surface area (TPSA) is 59.1 Å². The highest BCUT2D eigenvalue weighted by atomic mass is 32.2. The summed E-state index contributed by atoms with van der Waals surface area (Å²) in [4.78, 5) is 3.91. The molecule has 1 aromatic heterocycles. The van der Waals surface area contributed by atoms with Crippen LogP contribution in [0.1, 0.15) is 25.8 Å². The van der Waals surface area contributed by atoms with Crippen LogP contribution < -0.4 is 4.72 Å². The number of aryl methyl sites for hydroxylation is 1. The van der Waals surface area contributed by atoms with E-state index in [1.807, 2.05) is 0 Å². The van der Waals surface area contributed by atoms with Gasteiger partial charge >= 0.3 is 0 Å². The first-order valence-corrected chi connectivity index (χ1v) is 6.47. The Labute approximate surface area is 88.4 Å². The van der Waals surface area contributed by atoms with Gasteiger partial charge in [0.1, 0.15) is 0 Å². The maximum absolute atomic E-state index is 11.7. The Bertz CT molecular complexity index is 415. The van der Waals surface area contributed by atoms with Crippen LogP contribution in [0.3, 0.4) is 0 Å². The molecule has 0 fully saturated rings. The lowest BCUT2D eigenvalue weighted by molar-refractivity contribution is 0.492. The van der Waals surface area contributed by atoms with E-state index in [2.05, 4.69) is 9.71 Å². The van der Waals surface area contributed by atoms with Crippen molar-refractivity contribution in [2.45, 2.75) is 37.4 Å². The summed E-state index contributed by atoms with van der Waals surface area (Å²) >= 11 is 1.17. The fraction of sp³-hybridized carbons (Fsp3) is 0.625. The molecular weight excluding hydrogens is 220 g/mol. The number of hydrogen-bond donors (Lipinski definition) is 1. The summed E-state index contributed by atoms with van der Waals surface area (Å²) in [6, 6.07) is 0. The Balaban J connectivity index is 2.98. The summed E-state index contributed by atoms with van der Waals surface area (Å²) in [5, 5.41) is 0.749. The van der Waals surface area contributed by atoms with E-state index in [0.29, 0.717) is 0 Å². The normalized spacial score (nSPS) is 13.1. The molecule has 0 aliphatic heterocycles. The van der Waals surface area contributed by atoms with Crippen molar-refractivity contribution in [3.8, 4) is 0 Å². The van der Waals surface area contributed by atoms with Gasteiger partial charge in [-0.2, -0.15) is 0 Å². The van der Waals surface area contributed by atoms with E-state index in [4.69, 9.17) is 0 Å². The van der Waals surface area contributed by atoms with Crippen LogP contribution in [0.25, 0.3) is 0 Å². The Hall–Kier alpha value is -0.460. The number of sulfonamides is 1. The predicted octanol–water partition coefficient (Wildman–Crippen LogP) is 1.53. The highest BCUT2D eigenvalue weighted by Crippen LogP contribution is 2.19. The van der Waals surface area contributed by atoms with Crippen LogP contribution in [0.5, 0.6) is 0 Å². The summed E-state index contributed by atoms with van der Waals surface area (Å²) in [5.41, 5.74) is -0.462. The van der Waals surface area contributed by atoms with Gasteiger partial charge in [-0.15, -0.1) is 11.3 Å². The lowest BCUT2D eigenvalue weighted by Crippen LogP contribution is -2.40. The molecule has 0 bridgehead atoms. The Morgan fingerprint density at radius 1 is 1.43 bits per heavy atom. The summed E-state index contributed by atoms with van der Waals surface area (Å²) < 4.78 is 26.3. The van der Waals surface area contributed by atoms with Crippen LogP contribution in [0.4, 0.5) is 0 Å². The molecule has 80 valence electrons. The third kappa shape index (κ3) is 3.04. The number of nitrogens with zero attached hydrogens (tertiary/aromatic N) is 1. The van der Waals surface area contributed by atoms with Crippen LogP contribution in [0, 0.1) is 6.92 Å². The summed E-state index contributed by atoms with van der Waals surface area (Å²) in [7, 11) is -3.39. The Kier molecular flexibility index (Phi) is 2.99. The molecule has 0 aromatic carbocycles. The molecule has 0 aliphatic carbocycles. The van der Waals surface area contributed by atoms with E-state index in [1.54, 1.807) is 27.7 Å². The predicted molar refractivity (Wildman–Crippen MR) is 56.9 cm³/mol. The second-order valence-electron chi connectivity index (χ2n) is 4.05. The van der Waals surface area contributed by atoms with Crippen molar-refractivity contribution < 1.29 is 8.42 Å². The Morgan fingerprint density at radius 3 is 2.36 bits per heavy atom. The van der Waals surface area contributed by atoms with E-state index >= 15 is 0 Å². The number of hydrogen-bond acceptors (Lipinski definition) is 4. The second-order valence-corrected chi connectivity index (χ2v) is 7.20. The van der Waals surface area contributed by atoms with Gasteiger partial charge in [-0.05, 0) is 27.7 Å². The van der Waals surface area contributed by atoms with E-state index in [0.717, 1.165) is 5.01 Å². The Morgan fingerprint density at radius 2 is 2.00 bits per heavy atom. The second kappa shape index (κ2) is 3.60. The average Bonchev–Trinajstić information content (AvgIpc) is 2.29. The van der Waals surface area contributed by atoms with Crippen molar-refractivity contribution in [1.29, 1.82) is 0 Å². The number of nitrogens with one attached hydrogen (secondary N) is 1. The largest absolute Gasteiger partial charge is 0.252 e. The zero-order valence-electron chi connectivity index (χ0n) is 8.66. The van der Waals surface area contributed by atoms with Crippen molar-refractivity contribution >= 4 is 21.4 Å². The average molecular weight is 234 g/mol. The third-order valence-corrected chi connectivity index (χ3v) is 4.44. The molecule has 1 aromatic rings. The molecule has 0 radical (unpaired) electrons. The molecule has 4 nitrogen and oxygen atoms in total. The van der Waals surface area contributed by atoms with Crippen molar-refractivity contribution in [3.05, 3.63) is 11.2 Å². The van der Waals surface area contributed by atoms with Crippen molar-refractivity contribution in [1.82, 2.24) is 9.71 Å². The third-order valence-electron chi connectivity index (χ3n) is 1.31. The molecule has 0 atom stereocenters. The molecule has 0 spiro atoms. The number of thiazole rings is 1. The first-order valence-electron chi connectivity index (χ1n) is 4.17. The standard InChI is InChI=1S/C8H14N2O2S2/c1-6-9-5-7(13-6)14(11,12)10-8(2,3)4/h5,10H,1-4H3. The van der Waals surface area contributed by atoms with Gasteiger partial charge in [-0.25, -0.2) is 18.1 Å². The molecule has 0 saturated heterocycles. The van der Waals surface area contributed by atoms with E-state index in [-0.39, 0.29) is 4.21 Å². The highest BCUT2D eigenvalue weighted by molar-refractivity contribution is 7.91. The minimum absolute atomic E-state index is 0.268. The number of aromatic nitrogens is 1. The van der Waals surface area contributed by atoms with Gasteiger partial charge in [0, 0.05) is 5.54 Å². The molecule has 1 heterocycles. The van der Waals surface area contributed by atoms with Gasteiger partial charge in [-0.1, -0.05) is 0 Å². The first kappa shape index (κ1) is 11.6. The van der Waals surface area contributed by atoms with Crippen molar-refractivity contribution in [2.75, 3.05) is 0 Å². The van der Waals surface area contributed by atoms with Crippen LogP contribution in [0.15, 0.2) is 10.4 Å². The fourth-order valence-corrected chi connectivity index (χ4v) is 3.45. The minimum Gasteiger partial charge on any atom is -0.249 e. The van der Waals surface area contributed by atoms with E-state index in [9.17, 15) is 8.42 Å². The molecule has 14 heavy (non-hydrogen) atoms. The fourth-order valence-electron chi connectivity index (χ4n) is 0.920. The molecule has 0 aliphatic rings. The lowest BCUT2D eigenvalue weighted by Gasteiger charge is -2.19. The van der Waals surface area contributed by atoms with Gasteiger partial charge in [-0.3, -0.25) is 0 Å². The maximum atomic E-state index is 11.7. The smallest absolute Gasteiger partial charge is 0.249 e. The molecule has 1 rings (SSSR count). The van der Waals surface area contributed by atoms with Crippen LogP contribution in [0.2, 0.25) is 0 Å². The summed E-state index contributed by atoms with van der Waals surface area (Å²) in [6.07, 6.45) is 1.38. The van der Waals surface area contributed by atoms with Gasteiger partial charge in [0.2, 0.25) is 0 Å². The van der Waals surface area contributed by atoms with E-state index in [1.165, 1.54) is 17.5 Å². The molecular formula is C8H14N2O2S2. The summed E-state index contributed by atoms with van der Waals surface area (Å²) in [5.74, 6) is 0. The molecule has 0 amide bonds. The van der Waals surface area contributed by atoms with Gasteiger partial charge < -0.3 is 0 Å². The van der Waals surface area contributed by atoms with Crippen LogP contribution >= 0.6 is 11.3 Å². The van der Waals surface area contributed by atoms with Crippen molar-refractivity contribution in [3.63, 3.8) is 0 Å². The first-order chi connectivity index (χ1) is 6.21.